The Balaban J connectivity index is 1.66. The Labute approximate surface area is 226 Å². The molecule has 1 saturated heterocycles. The maximum absolute atomic E-state index is 14.2. The molecule has 1 amide bonds. The molecule has 0 spiro atoms. The molecular formula is C27H33FN8O3. The standard InChI is InChI=1S/C27H33FN8O3/c1-16(33-25-19(13-29)24(30)31-15-32-25)22-20(23(38-5)18-12-17(28)6-7-21(18)34-22)14-35-8-10-36(11-9-35)26(37)39-27(2,3)4/h6-7,12,15-16H,8-11,14H2,1-5H3,(H3,30,31,32,33)/t16-/m0/s1. The van der Waals surface area contributed by atoms with Gasteiger partial charge in [-0.25, -0.2) is 19.2 Å². The minimum absolute atomic E-state index is 0.0739. The molecule has 1 aliphatic heterocycles. The largest absolute Gasteiger partial charge is 0.496 e. The summed E-state index contributed by atoms with van der Waals surface area (Å²) < 4.78 is 25.6. The van der Waals surface area contributed by atoms with Crippen LogP contribution in [0, 0.1) is 17.1 Å². The van der Waals surface area contributed by atoms with Crippen LogP contribution in [0.3, 0.4) is 0 Å². The van der Waals surface area contributed by atoms with Crippen LogP contribution < -0.4 is 15.8 Å². The highest BCUT2D eigenvalue weighted by atomic mass is 19.1. The summed E-state index contributed by atoms with van der Waals surface area (Å²) >= 11 is 0. The number of fused-ring (bicyclic) bond motifs is 1. The third kappa shape index (κ3) is 6.26. The average molecular weight is 537 g/mol. The Kier molecular flexibility index (Phi) is 8.01. The van der Waals surface area contributed by atoms with Crippen molar-refractivity contribution in [3.8, 4) is 11.8 Å². The van der Waals surface area contributed by atoms with E-state index in [9.17, 15) is 14.4 Å². The number of amides is 1. The first-order valence-corrected chi connectivity index (χ1v) is 12.6. The van der Waals surface area contributed by atoms with Crippen molar-refractivity contribution in [1.82, 2.24) is 24.8 Å². The summed E-state index contributed by atoms with van der Waals surface area (Å²) in [5.74, 6) is 0.480. The molecule has 1 fully saturated rings. The molecule has 2 aromatic heterocycles. The summed E-state index contributed by atoms with van der Waals surface area (Å²) in [6.45, 7) is 10.1. The monoisotopic (exact) mass is 536 g/mol. The molecule has 1 aliphatic rings. The zero-order valence-electron chi connectivity index (χ0n) is 22.8. The number of nitrogens with two attached hydrogens (primary N) is 1. The van der Waals surface area contributed by atoms with E-state index in [1.807, 2.05) is 33.8 Å². The SMILES string of the molecule is COc1c(CN2CCN(C(=O)OC(C)(C)C)CC2)c([C@H](C)Nc2ncnc(N)c2C#N)nc2ccc(F)cc12. The molecule has 39 heavy (non-hydrogen) atoms. The van der Waals surface area contributed by atoms with Crippen molar-refractivity contribution >= 4 is 28.6 Å². The van der Waals surface area contributed by atoms with Gasteiger partial charge in [0.25, 0.3) is 0 Å². The fourth-order valence-electron chi connectivity index (χ4n) is 4.54. The molecule has 1 atom stereocenters. The Morgan fingerprint density at radius 1 is 1.26 bits per heavy atom. The van der Waals surface area contributed by atoms with E-state index < -0.39 is 17.5 Å². The van der Waals surface area contributed by atoms with Crippen LogP contribution in [-0.4, -0.2) is 69.7 Å². The predicted molar refractivity (Wildman–Crippen MR) is 145 cm³/mol. The van der Waals surface area contributed by atoms with Crippen molar-refractivity contribution in [1.29, 1.82) is 5.26 Å². The summed E-state index contributed by atoms with van der Waals surface area (Å²) in [5, 5.41) is 13.4. The van der Waals surface area contributed by atoms with Crippen LogP contribution in [0.5, 0.6) is 5.75 Å². The van der Waals surface area contributed by atoms with Crippen molar-refractivity contribution in [2.45, 2.75) is 45.9 Å². The molecule has 1 aromatic carbocycles. The number of halogens is 1. The van der Waals surface area contributed by atoms with Gasteiger partial charge in [0.1, 0.15) is 46.8 Å². The van der Waals surface area contributed by atoms with Crippen LogP contribution >= 0.6 is 0 Å². The van der Waals surface area contributed by atoms with Gasteiger partial charge in [-0.1, -0.05) is 0 Å². The van der Waals surface area contributed by atoms with Crippen LogP contribution in [0.1, 0.15) is 50.6 Å². The van der Waals surface area contributed by atoms with Crippen LogP contribution in [0.25, 0.3) is 10.9 Å². The number of piperazine rings is 1. The number of nitriles is 1. The highest BCUT2D eigenvalue weighted by Crippen LogP contribution is 2.36. The van der Waals surface area contributed by atoms with E-state index in [0.717, 1.165) is 5.56 Å². The first-order chi connectivity index (χ1) is 18.5. The first-order valence-electron chi connectivity index (χ1n) is 12.6. The topological polar surface area (TPSA) is 143 Å². The lowest BCUT2D eigenvalue weighted by Gasteiger charge is -2.36. The molecular weight excluding hydrogens is 503 g/mol. The van der Waals surface area contributed by atoms with Gasteiger partial charge >= 0.3 is 6.09 Å². The van der Waals surface area contributed by atoms with Crippen LogP contribution in [0.4, 0.5) is 20.8 Å². The van der Waals surface area contributed by atoms with Crippen molar-refractivity contribution in [2.75, 3.05) is 44.3 Å². The fraction of sp³-hybridized carbons (Fsp3) is 0.444. The van der Waals surface area contributed by atoms with E-state index in [0.29, 0.717) is 55.1 Å². The second-order valence-electron chi connectivity index (χ2n) is 10.4. The Morgan fingerprint density at radius 3 is 2.62 bits per heavy atom. The van der Waals surface area contributed by atoms with Gasteiger partial charge in [-0.2, -0.15) is 5.26 Å². The number of nitrogen functional groups attached to an aromatic ring is 1. The number of methoxy groups -OCH3 is 1. The average Bonchev–Trinajstić information content (AvgIpc) is 2.88. The number of nitrogens with zero attached hydrogens (tertiary/aromatic N) is 6. The van der Waals surface area contributed by atoms with Gasteiger partial charge in [-0.3, -0.25) is 9.88 Å². The maximum Gasteiger partial charge on any atom is 0.410 e. The molecule has 3 N–H and O–H groups in total. The molecule has 4 rings (SSSR count). The van der Waals surface area contributed by atoms with E-state index in [4.69, 9.17) is 20.2 Å². The first kappa shape index (κ1) is 27.8. The van der Waals surface area contributed by atoms with Gasteiger partial charge in [0.2, 0.25) is 0 Å². The van der Waals surface area contributed by atoms with Gasteiger partial charge in [-0.15, -0.1) is 0 Å². The second kappa shape index (κ2) is 11.2. The minimum atomic E-state index is -0.564. The number of nitrogens with one attached hydrogen (secondary N) is 1. The molecule has 0 saturated carbocycles. The number of rotatable bonds is 6. The fourth-order valence-corrected chi connectivity index (χ4v) is 4.54. The zero-order chi connectivity index (χ0) is 28.3. The number of ether oxygens (including phenoxy) is 2. The second-order valence-corrected chi connectivity index (χ2v) is 10.4. The molecule has 3 heterocycles. The van der Waals surface area contributed by atoms with Gasteiger partial charge in [0.15, 0.2) is 0 Å². The molecule has 0 radical (unpaired) electrons. The number of carbonyl (C=O) groups excluding carboxylic acids is 1. The molecule has 0 aliphatic carbocycles. The summed E-state index contributed by atoms with van der Waals surface area (Å²) in [7, 11) is 1.55. The van der Waals surface area contributed by atoms with Gasteiger partial charge < -0.3 is 25.4 Å². The molecule has 3 aromatic rings. The molecule has 0 bridgehead atoms. The van der Waals surface area contributed by atoms with Crippen LogP contribution in [-0.2, 0) is 11.3 Å². The Bertz CT molecular complexity index is 1410. The quantitative estimate of drug-likeness (QED) is 0.477. The van der Waals surface area contributed by atoms with E-state index in [2.05, 4.69) is 20.2 Å². The van der Waals surface area contributed by atoms with Crippen molar-refractivity contribution in [3.05, 3.63) is 47.2 Å². The lowest BCUT2D eigenvalue weighted by atomic mass is 10.0. The summed E-state index contributed by atoms with van der Waals surface area (Å²) in [4.78, 5) is 29.4. The minimum Gasteiger partial charge on any atom is -0.496 e. The van der Waals surface area contributed by atoms with E-state index in [-0.39, 0.29) is 23.3 Å². The smallest absolute Gasteiger partial charge is 0.410 e. The van der Waals surface area contributed by atoms with Crippen molar-refractivity contribution in [3.63, 3.8) is 0 Å². The summed E-state index contributed by atoms with van der Waals surface area (Å²) in [6.07, 6.45) is 0.950. The number of anilines is 2. The molecule has 12 heteroatoms. The number of benzene rings is 1. The van der Waals surface area contributed by atoms with Crippen LogP contribution in [0.2, 0.25) is 0 Å². The lowest BCUT2D eigenvalue weighted by Crippen LogP contribution is -2.49. The number of hydrogen-bond donors (Lipinski definition) is 2. The van der Waals surface area contributed by atoms with E-state index in [1.165, 1.54) is 18.5 Å². The van der Waals surface area contributed by atoms with Gasteiger partial charge in [0.05, 0.1) is 24.4 Å². The lowest BCUT2D eigenvalue weighted by molar-refractivity contribution is 0.0138. The Morgan fingerprint density at radius 2 is 1.97 bits per heavy atom. The van der Waals surface area contributed by atoms with Crippen molar-refractivity contribution < 1.29 is 18.7 Å². The highest BCUT2D eigenvalue weighted by molar-refractivity contribution is 5.87. The highest BCUT2D eigenvalue weighted by Gasteiger charge is 2.28. The number of aromatic nitrogens is 3. The van der Waals surface area contributed by atoms with Gasteiger partial charge in [-0.05, 0) is 45.9 Å². The normalized spacial score (nSPS) is 15.1. The van der Waals surface area contributed by atoms with E-state index in [1.54, 1.807) is 18.1 Å². The third-order valence-corrected chi connectivity index (χ3v) is 6.39. The third-order valence-electron chi connectivity index (χ3n) is 6.39. The van der Waals surface area contributed by atoms with Crippen molar-refractivity contribution in [2.24, 2.45) is 0 Å². The zero-order valence-corrected chi connectivity index (χ0v) is 22.8. The summed E-state index contributed by atoms with van der Waals surface area (Å²) in [5.41, 5.74) is 7.43. The summed E-state index contributed by atoms with van der Waals surface area (Å²) in [6, 6.07) is 5.98. The Hall–Kier alpha value is -4.24. The number of carbonyl (C=O) groups is 1. The van der Waals surface area contributed by atoms with Gasteiger partial charge in [0, 0.05) is 43.7 Å². The number of pyridine rings is 1. The molecule has 11 nitrogen and oxygen atoms in total. The molecule has 206 valence electrons. The maximum atomic E-state index is 14.2. The predicted octanol–water partition coefficient (Wildman–Crippen LogP) is 3.85. The number of hydrogen-bond acceptors (Lipinski definition) is 10. The van der Waals surface area contributed by atoms with E-state index >= 15 is 0 Å². The van der Waals surface area contributed by atoms with Crippen LogP contribution in [0.15, 0.2) is 24.5 Å². The molecule has 0 unspecified atom stereocenters.